The first kappa shape index (κ1) is 18.1. The molecule has 24 heavy (non-hydrogen) atoms. The van der Waals surface area contributed by atoms with Crippen LogP contribution in [0.25, 0.3) is 0 Å². The topological polar surface area (TPSA) is 39.7 Å². The zero-order valence-corrected chi connectivity index (χ0v) is 16.5. The minimum Gasteiger partial charge on any atom is -0.409 e. The van der Waals surface area contributed by atoms with Crippen LogP contribution >= 0.6 is 0 Å². The van der Waals surface area contributed by atoms with E-state index < -0.39 is 8.32 Å². The summed E-state index contributed by atoms with van der Waals surface area (Å²) >= 11 is 0. The second-order valence-electron chi connectivity index (χ2n) is 8.49. The third kappa shape index (κ3) is 3.75. The Hall–Kier alpha value is -0.723. The van der Waals surface area contributed by atoms with E-state index in [1.54, 1.807) is 0 Å². The first-order chi connectivity index (χ1) is 11.3. The highest BCUT2D eigenvalue weighted by molar-refractivity contribution is 6.74. The van der Waals surface area contributed by atoms with Gasteiger partial charge in [0.15, 0.2) is 8.32 Å². The van der Waals surface area contributed by atoms with E-state index in [9.17, 15) is 0 Å². The van der Waals surface area contributed by atoms with E-state index in [4.69, 9.17) is 13.9 Å². The standard InChI is InChI=1S/C19H31NO3Si/c1-19(2,3)24(4,5)23-16-13-22-17-15(12-21-18(16)17)20-11-14-9-7-6-8-10-14/h6-10,15-18,20H,11-13H2,1-5H3/t15-,16+,17+,18+/m0/s1. The van der Waals surface area contributed by atoms with Gasteiger partial charge in [0.25, 0.3) is 0 Å². The minimum atomic E-state index is -1.80. The lowest BCUT2D eigenvalue weighted by atomic mass is 10.1. The molecule has 0 bridgehead atoms. The van der Waals surface area contributed by atoms with Gasteiger partial charge in [-0.25, -0.2) is 0 Å². The Labute approximate surface area is 147 Å². The second kappa shape index (κ2) is 6.88. The average molecular weight is 350 g/mol. The molecular weight excluding hydrogens is 318 g/mol. The molecular formula is C19H31NO3Si. The Morgan fingerprint density at radius 3 is 2.42 bits per heavy atom. The fourth-order valence-electron chi connectivity index (χ4n) is 3.14. The van der Waals surface area contributed by atoms with E-state index in [1.165, 1.54) is 5.56 Å². The summed E-state index contributed by atoms with van der Waals surface area (Å²) in [5.74, 6) is 0. The fraction of sp³-hybridized carbons (Fsp3) is 0.684. The third-order valence-electron chi connectivity index (χ3n) is 5.67. The quantitative estimate of drug-likeness (QED) is 0.828. The molecule has 0 spiro atoms. The smallest absolute Gasteiger partial charge is 0.192 e. The summed E-state index contributed by atoms with van der Waals surface area (Å²) in [7, 11) is -1.80. The summed E-state index contributed by atoms with van der Waals surface area (Å²) in [5.41, 5.74) is 1.29. The lowest BCUT2D eigenvalue weighted by molar-refractivity contribution is 0.0238. The first-order valence-electron chi connectivity index (χ1n) is 8.96. The van der Waals surface area contributed by atoms with E-state index in [1.807, 2.05) is 6.07 Å². The van der Waals surface area contributed by atoms with Gasteiger partial charge in [-0.05, 0) is 23.7 Å². The van der Waals surface area contributed by atoms with Crippen molar-refractivity contribution in [2.24, 2.45) is 0 Å². The molecule has 1 N–H and O–H groups in total. The van der Waals surface area contributed by atoms with E-state index >= 15 is 0 Å². The molecule has 1 aromatic carbocycles. The average Bonchev–Trinajstić information content (AvgIpc) is 3.08. The maximum atomic E-state index is 6.55. The highest BCUT2D eigenvalue weighted by atomic mass is 28.4. The Kier molecular flexibility index (Phi) is 5.19. The van der Waals surface area contributed by atoms with E-state index in [0.29, 0.717) is 13.2 Å². The van der Waals surface area contributed by atoms with Crippen LogP contribution in [0, 0.1) is 0 Å². The van der Waals surface area contributed by atoms with Crippen molar-refractivity contribution in [2.45, 2.75) is 69.8 Å². The van der Waals surface area contributed by atoms with E-state index in [2.05, 4.69) is 63.4 Å². The monoisotopic (exact) mass is 349 g/mol. The molecule has 2 fully saturated rings. The van der Waals surface area contributed by atoms with E-state index in [-0.39, 0.29) is 29.4 Å². The Morgan fingerprint density at radius 2 is 1.75 bits per heavy atom. The lowest BCUT2D eigenvalue weighted by Crippen LogP contribution is -2.48. The number of ether oxygens (including phenoxy) is 2. The van der Waals surface area contributed by atoms with Crippen LogP contribution < -0.4 is 5.32 Å². The van der Waals surface area contributed by atoms with Crippen LogP contribution in [0.3, 0.4) is 0 Å². The van der Waals surface area contributed by atoms with Crippen molar-refractivity contribution in [1.82, 2.24) is 5.32 Å². The zero-order valence-electron chi connectivity index (χ0n) is 15.5. The van der Waals surface area contributed by atoms with Gasteiger partial charge in [-0.15, -0.1) is 0 Å². The summed E-state index contributed by atoms with van der Waals surface area (Å²) in [5, 5.41) is 3.79. The largest absolute Gasteiger partial charge is 0.409 e. The molecule has 0 saturated carbocycles. The van der Waals surface area contributed by atoms with Crippen LogP contribution in [0.2, 0.25) is 18.1 Å². The number of hydrogen-bond donors (Lipinski definition) is 1. The summed E-state index contributed by atoms with van der Waals surface area (Å²) in [6.45, 7) is 13.6. The summed E-state index contributed by atoms with van der Waals surface area (Å²) in [6.07, 6.45) is 0.232. The number of hydrogen-bond acceptors (Lipinski definition) is 4. The molecule has 0 radical (unpaired) electrons. The molecule has 0 unspecified atom stereocenters. The van der Waals surface area contributed by atoms with Crippen molar-refractivity contribution in [3.05, 3.63) is 35.9 Å². The molecule has 3 rings (SSSR count). The minimum absolute atomic E-state index is 0.0624. The zero-order chi connectivity index (χ0) is 17.4. The molecule has 4 atom stereocenters. The number of nitrogens with one attached hydrogen (secondary N) is 1. The first-order valence-corrected chi connectivity index (χ1v) is 11.9. The number of benzene rings is 1. The molecule has 0 aliphatic carbocycles. The maximum Gasteiger partial charge on any atom is 0.192 e. The Morgan fingerprint density at radius 1 is 1.08 bits per heavy atom. The molecule has 1 aromatic rings. The van der Waals surface area contributed by atoms with Crippen LogP contribution in [-0.4, -0.2) is 45.9 Å². The van der Waals surface area contributed by atoms with Gasteiger partial charge in [0.05, 0.1) is 25.4 Å². The van der Waals surface area contributed by atoms with Crippen LogP contribution in [0.1, 0.15) is 26.3 Å². The highest BCUT2D eigenvalue weighted by Crippen LogP contribution is 2.40. The molecule has 2 saturated heterocycles. The lowest BCUT2D eigenvalue weighted by Gasteiger charge is -2.39. The van der Waals surface area contributed by atoms with Crippen LogP contribution in [0.5, 0.6) is 0 Å². The Balaban J connectivity index is 1.56. The highest BCUT2D eigenvalue weighted by Gasteiger charge is 2.51. The number of rotatable bonds is 5. The number of fused-ring (bicyclic) bond motifs is 1. The van der Waals surface area contributed by atoms with Crippen molar-refractivity contribution in [2.75, 3.05) is 13.2 Å². The molecule has 2 aliphatic heterocycles. The summed E-state index contributed by atoms with van der Waals surface area (Å²) in [4.78, 5) is 0. The van der Waals surface area contributed by atoms with E-state index in [0.717, 1.165) is 6.54 Å². The van der Waals surface area contributed by atoms with Gasteiger partial charge < -0.3 is 19.2 Å². The SMILES string of the molecule is CC(C)(C)[Si](C)(C)O[C@@H]1CO[C@H]2[C@@H]1OC[C@@H]2NCc1ccccc1. The second-order valence-corrected chi connectivity index (χ2v) is 13.2. The van der Waals surface area contributed by atoms with Crippen molar-refractivity contribution in [3.8, 4) is 0 Å². The van der Waals surface area contributed by atoms with Gasteiger partial charge in [0.1, 0.15) is 12.2 Å². The van der Waals surface area contributed by atoms with Crippen molar-refractivity contribution in [3.63, 3.8) is 0 Å². The van der Waals surface area contributed by atoms with Crippen molar-refractivity contribution < 1.29 is 13.9 Å². The van der Waals surface area contributed by atoms with Gasteiger partial charge in [-0.1, -0.05) is 51.1 Å². The Bertz CT molecular complexity index is 543. The van der Waals surface area contributed by atoms with Crippen LogP contribution in [0.4, 0.5) is 0 Å². The molecule has 2 heterocycles. The van der Waals surface area contributed by atoms with Crippen molar-refractivity contribution >= 4 is 8.32 Å². The summed E-state index contributed by atoms with van der Waals surface area (Å²) in [6, 6.07) is 10.7. The fourth-order valence-corrected chi connectivity index (χ4v) is 4.45. The molecule has 134 valence electrons. The molecule has 0 aromatic heterocycles. The molecule has 4 nitrogen and oxygen atoms in total. The summed E-state index contributed by atoms with van der Waals surface area (Å²) < 4.78 is 18.7. The molecule has 5 heteroatoms. The van der Waals surface area contributed by atoms with Crippen LogP contribution in [0.15, 0.2) is 30.3 Å². The predicted octanol–water partition coefficient (Wildman–Crippen LogP) is 3.33. The molecule has 2 aliphatic rings. The predicted molar refractivity (Wildman–Crippen MR) is 98.6 cm³/mol. The molecule has 0 amide bonds. The van der Waals surface area contributed by atoms with Gasteiger partial charge in [-0.3, -0.25) is 0 Å². The maximum absolute atomic E-state index is 6.55. The van der Waals surface area contributed by atoms with Gasteiger partial charge >= 0.3 is 0 Å². The normalized spacial score (nSPS) is 30.5. The van der Waals surface area contributed by atoms with Gasteiger partial charge in [0, 0.05) is 6.54 Å². The van der Waals surface area contributed by atoms with Gasteiger partial charge in [0.2, 0.25) is 0 Å². The van der Waals surface area contributed by atoms with Crippen LogP contribution in [-0.2, 0) is 20.4 Å². The van der Waals surface area contributed by atoms with Gasteiger partial charge in [-0.2, -0.15) is 0 Å². The third-order valence-corrected chi connectivity index (χ3v) is 10.2. The van der Waals surface area contributed by atoms with Crippen molar-refractivity contribution in [1.29, 1.82) is 0 Å².